The number of imidazole rings is 1. The Bertz CT molecular complexity index is 1390. The average Bonchev–Trinajstić information content (AvgIpc) is 3.44. The number of aromatic amines is 1. The molecule has 7 nitrogen and oxygen atoms in total. The number of nitrogens with one attached hydrogen (secondary N) is 2. The molecule has 1 saturated heterocycles. The summed E-state index contributed by atoms with van der Waals surface area (Å²) in [6.07, 6.45) is 4.73. The Labute approximate surface area is 237 Å². The number of unbranched alkanes of at least 4 members (excludes halogenated alkanes) is 2. The minimum absolute atomic E-state index is 0.0759. The fraction of sp³-hybridized carbons (Fsp3) is 0.394. The molecule has 1 amide bonds. The van der Waals surface area contributed by atoms with E-state index in [1.807, 2.05) is 24.3 Å². The van der Waals surface area contributed by atoms with Crippen LogP contribution in [0.15, 0.2) is 66.7 Å². The third-order valence-electron chi connectivity index (χ3n) is 7.63. The molecule has 0 radical (unpaired) electrons. The lowest BCUT2D eigenvalue weighted by atomic mass is 10.1. The maximum Gasteiger partial charge on any atom is 0.224 e. The lowest BCUT2D eigenvalue weighted by molar-refractivity contribution is -0.116. The summed E-state index contributed by atoms with van der Waals surface area (Å²) >= 11 is 0. The largest absolute Gasteiger partial charge is 0.492 e. The SMILES string of the molecule is CCCCCC(=O)Nc1ccc(OCCN2CCN(c3cccc4[nH]c(-c5cccc(CC)c5)nc34)CC2)cc1. The van der Waals surface area contributed by atoms with E-state index < -0.39 is 0 Å². The highest BCUT2D eigenvalue weighted by atomic mass is 16.5. The highest BCUT2D eigenvalue weighted by Crippen LogP contribution is 2.29. The number of benzene rings is 3. The second-order valence-electron chi connectivity index (χ2n) is 10.5. The van der Waals surface area contributed by atoms with Gasteiger partial charge < -0.3 is 19.9 Å². The van der Waals surface area contributed by atoms with Gasteiger partial charge in [-0.2, -0.15) is 0 Å². The number of fused-ring (bicyclic) bond motifs is 1. The monoisotopic (exact) mass is 539 g/mol. The number of amides is 1. The standard InChI is InChI=1S/C33H41N5O2/c1-3-5-6-13-31(39)34-27-14-16-28(17-15-27)40-23-22-37-18-20-38(21-19-37)30-12-8-11-29-32(30)36-33(35-29)26-10-7-9-25(4-2)24-26/h7-12,14-17,24H,3-6,13,18-23H2,1-2H3,(H,34,39)(H,35,36). The van der Waals surface area contributed by atoms with Crippen molar-refractivity contribution >= 4 is 28.3 Å². The van der Waals surface area contributed by atoms with Crippen molar-refractivity contribution in [3.63, 3.8) is 0 Å². The van der Waals surface area contributed by atoms with Gasteiger partial charge in [0.05, 0.1) is 11.2 Å². The van der Waals surface area contributed by atoms with Crippen molar-refractivity contribution in [1.82, 2.24) is 14.9 Å². The van der Waals surface area contributed by atoms with Crippen LogP contribution in [0, 0.1) is 0 Å². The Balaban J connectivity index is 1.10. The zero-order valence-corrected chi connectivity index (χ0v) is 23.8. The summed E-state index contributed by atoms with van der Waals surface area (Å²) < 4.78 is 6.00. The van der Waals surface area contributed by atoms with Gasteiger partial charge in [0, 0.05) is 50.4 Å². The molecule has 210 valence electrons. The van der Waals surface area contributed by atoms with Crippen LogP contribution in [0.4, 0.5) is 11.4 Å². The number of ether oxygens (including phenoxy) is 1. The van der Waals surface area contributed by atoms with Crippen LogP contribution >= 0.6 is 0 Å². The third-order valence-corrected chi connectivity index (χ3v) is 7.63. The number of para-hydroxylation sites is 1. The van der Waals surface area contributed by atoms with E-state index in [0.717, 1.165) is 92.3 Å². The minimum atomic E-state index is 0.0759. The van der Waals surface area contributed by atoms with Crippen LogP contribution in [0.1, 0.15) is 45.1 Å². The van der Waals surface area contributed by atoms with Crippen molar-refractivity contribution in [3.8, 4) is 17.1 Å². The van der Waals surface area contributed by atoms with Crippen LogP contribution in [0.25, 0.3) is 22.4 Å². The molecular formula is C33H41N5O2. The number of aryl methyl sites for hydroxylation is 1. The van der Waals surface area contributed by atoms with E-state index >= 15 is 0 Å². The summed E-state index contributed by atoms with van der Waals surface area (Å²) in [7, 11) is 0. The van der Waals surface area contributed by atoms with Crippen molar-refractivity contribution in [3.05, 3.63) is 72.3 Å². The summed E-state index contributed by atoms with van der Waals surface area (Å²) in [6, 6.07) is 22.7. The van der Waals surface area contributed by atoms with Crippen LogP contribution in [0.5, 0.6) is 5.75 Å². The molecule has 0 unspecified atom stereocenters. The van der Waals surface area contributed by atoms with E-state index in [-0.39, 0.29) is 5.91 Å². The number of nitrogens with zero attached hydrogens (tertiary/aromatic N) is 3. The zero-order valence-electron chi connectivity index (χ0n) is 23.8. The van der Waals surface area contributed by atoms with E-state index in [1.165, 1.54) is 11.3 Å². The number of hydrogen-bond acceptors (Lipinski definition) is 5. The highest BCUT2D eigenvalue weighted by Gasteiger charge is 2.20. The maximum atomic E-state index is 12.0. The minimum Gasteiger partial charge on any atom is -0.492 e. The van der Waals surface area contributed by atoms with E-state index in [2.05, 4.69) is 76.4 Å². The molecule has 0 spiro atoms. The second-order valence-corrected chi connectivity index (χ2v) is 10.5. The maximum absolute atomic E-state index is 12.0. The molecule has 1 aliphatic rings. The van der Waals surface area contributed by atoms with Gasteiger partial charge in [0.15, 0.2) is 0 Å². The van der Waals surface area contributed by atoms with Crippen molar-refractivity contribution in [2.75, 3.05) is 49.5 Å². The van der Waals surface area contributed by atoms with Crippen LogP contribution in [-0.2, 0) is 11.2 Å². The second kappa shape index (κ2) is 13.5. The number of aromatic nitrogens is 2. The molecule has 40 heavy (non-hydrogen) atoms. The molecule has 0 aliphatic carbocycles. The number of carbonyl (C=O) groups excluding carboxylic acids is 1. The van der Waals surface area contributed by atoms with E-state index in [4.69, 9.17) is 9.72 Å². The summed E-state index contributed by atoms with van der Waals surface area (Å²) in [6.45, 7) is 9.72. The summed E-state index contributed by atoms with van der Waals surface area (Å²) in [5.41, 5.74) is 6.58. The van der Waals surface area contributed by atoms with Crippen LogP contribution in [0.2, 0.25) is 0 Å². The third kappa shape index (κ3) is 7.02. The number of H-pyrrole nitrogens is 1. The summed E-state index contributed by atoms with van der Waals surface area (Å²) in [5, 5.41) is 2.96. The predicted molar refractivity (Wildman–Crippen MR) is 164 cm³/mol. The van der Waals surface area contributed by atoms with E-state index in [0.29, 0.717) is 13.0 Å². The van der Waals surface area contributed by atoms with Gasteiger partial charge in [-0.25, -0.2) is 4.98 Å². The molecule has 4 aromatic rings. The van der Waals surface area contributed by atoms with Gasteiger partial charge in [0.1, 0.15) is 23.7 Å². The van der Waals surface area contributed by atoms with Gasteiger partial charge in [-0.1, -0.05) is 51.0 Å². The molecule has 0 saturated carbocycles. The van der Waals surface area contributed by atoms with E-state index in [9.17, 15) is 4.79 Å². The molecule has 5 rings (SSSR count). The average molecular weight is 540 g/mol. The fourth-order valence-corrected chi connectivity index (χ4v) is 5.25. The Morgan fingerprint density at radius 3 is 2.55 bits per heavy atom. The fourth-order valence-electron chi connectivity index (χ4n) is 5.25. The first-order chi connectivity index (χ1) is 19.6. The lowest BCUT2D eigenvalue weighted by Crippen LogP contribution is -2.47. The van der Waals surface area contributed by atoms with Gasteiger partial charge in [-0.05, 0) is 60.9 Å². The zero-order chi connectivity index (χ0) is 27.7. The molecule has 3 aromatic carbocycles. The molecule has 2 N–H and O–H groups in total. The van der Waals surface area contributed by atoms with Crippen LogP contribution in [0.3, 0.4) is 0 Å². The normalized spacial score (nSPS) is 14.0. The number of piperazine rings is 1. The highest BCUT2D eigenvalue weighted by molar-refractivity contribution is 5.91. The topological polar surface area (TPSA) is 73.5 Å². The molecule has 1 fully saturated rings. The Kier molecular flexibility index (Phi) is 9.34. The first-order valence-electron chi connectivity index (χ1n) is 14.7. The first kappa shape index (κ1) is 27.7. The number of carbonyl (C=O) groups is 1. The van der Waals surface area contributed by atoms with Crippen molar-refractivity contribution in [1.29, 1.82) is 0 Å². The smallest absolute Gasteiger partial charge is 0.224 e. The van der Waals surface area contributed by atoms with Gasteiger partial charge in [0.25, 0.3) is 0 Å². The molecule has 0 atom stereocenters. The summed E-state index contributed by atoms with van der Waals surface area (Å²) in [5.74, 6) is 1.83. The molecule has 1 aliphatic heterocycles. The van der Waals surface area contributed by atoms with Crippen molar-refractivity contribution < 1.29 is 9.53 Å². The van der Waals surface area contributed by atoms with Gasteiger partial charge in [-0.3, -0.25) is 9.69 Å². The molecular weight excluding hydrogens is 498 g/mol. The number of anilines is 2. The van der Waals surface area contributed by atoms with Gasteiger partial charge in [-0.15, -0.1) is 0 Å². The Morgan fingerprint density at radius 1 is 0.975 bits per heavy atom. The quantitative estimate of drug-likeness (QED) is 0.201. The Morgan fingerprint density at radius 2 is 1.77 bits per heavy atom. The Hall–Kier alpha value is -3.84. The first-order valence-corrected chi connectivity index (χ1v) is 14.7. The lowest BCUT2D eigenvalue weighted by Gasteiger charge is -2.36. The van der Waals surface area contributed by atoms with Crippen molar-refractivity contribution in [2.24, 2.45) is 0 Å². The molecule has 2 heterocycles. The predicted octanol–water partition coefficient (Wildman–Crippen LogP) is 6.51. The number of rotatable bonds is 12. The van der Waals surface area contributed by atoms with E-state index in [1.54, 1.807) is 0 Å². The summed E-state index contributed by atoms with van der Waals surface area (Å²) in [4.78, 5) is 25.5. The van der Waals surface area contributed by atoms with Crippen LogP contribution < -0.4 is 15.0 Å². The molecule has 0 bridgehead atoms. The van der Waals surface area contributed by atoms with Crippen LogP contribution in [-0.4, -0.2) is 60.1 Å². The van der Waals surface area contributed by atoms with Crippen molar-refractivity contribution in [2.45, 2.75) is 46.0 Å². The molecule has 1 aromatic heterocycles. The van der Waals surface area contributed by atoms with Gasteiger partial charge >= 0.3 is 0 Å². The number of hydrogen-bond donors (Lipinski definition) is 2. The van der Waals surface area contributed by atoms with Gasteiger partial charge in [0.2, 0.25) is 5.91 Å². The molecule has 7 heteroatoms.